The summed E-state index contributed by atoms with van der Waals surface area (Å²) in [5.41, 5.74) is 8.99. The first-order valence-electron chi connectivity index (χ1n) is 14.5. The van der Waals surface area contributed by atoms with E-state index < -0.39 is 11.9 Å². The number of carbonyl (C=O) groups is 2. The quantitative estimate of drug-likeness (QED) is 0.344. The topological polar surface area (TPSA) is 88.3 Å². The largest absolute Gasteiger partial charge is 0.481 e. The lowest BCUT2D eigenvalue weighted by atomic mass is 9.78. The van der Waals surface area contributed by atoms with Gasteiger partial charge >= 0.3 is 5.97 Å². The minimum Gasteiger partial charge on any atom is -0.481 e. The average Bonchev–Trinajstić information content (AvgIpc) is 3.39. The normalized spacial score (nSPS) is 18.7. The monoisotopic (exact) mass is 536 g/mol. The molecule has 5 aliphatic heterocycles. The number of hydrogen-bond acceptors (Lipinski definition) is 4. The molecule has 4 aromatic rings. The van der Waals surface area contributed by atoms with E-state index in [2.05, 4.69) is 46.7 Å². The van der Waals surface area contributed by atoms with Crippen molar-refractivity contribution in [2.45, 2.75) is 71.4 Å². The lowest BCUT2D eigenvalue weighted by Crippen LogP contribution is -2.36. The third kappa shape index (κ3) is 4.89. The van der Waals surface area contributed by atoms with Crippen molar-refractivity contribution in [1.29, 1.82) is 0 Å². The summed E-state index contributed by atoms with van der Waals surface area (Å²) in [5.74, 6) is -1.79. The molecular formula is C33H36N4O3. The molecule has 7 nitrogen and oxygen atoms in total. The van der Waals surface area contributed by atoms with Crippen LogP contribution in [-0.4, -0.2) is 43.4 Å². The van der Waals surface area contributed by atoms with Gasteiger partial charge in [-0.3, -0.25) is 9.59 Å². The Bertz CT molecular complexity index is 1570. The van der Waals surface area contributed by atoms with E-state index in [1.54, 1.807) is 6.92 Å². The second kappa shape index (κ2) is 10.9. The molecule has 3 aromatic carbocycles. The Hall–Kier alpha value is -4.00. The first kappa shape index (κ1) is 26.2. The summed E-state index contributed by atoms with van der Waals surface area (Å²) in [6.07, 6.45) is 6.18. The molecule has 1 N–H and O–H groups in total. The smallest absolute Gasteiger partial charge is 0.307 e. The van der Waals surface area contributed by atoms with Crippen LogP contribution in [-0.2, 0) is 30.7 Å². The fraction of sp³-hybridized carbons (Fsp3) is 0.394. The lowest BCUT2D eigenvalue weighted by molar-refractivity contribution is -0.141. The maximum absolute atomic E-state index is 13.4. The van der Waals surface area contributed by atoms with E-state index in [9.17, 15) is 14.7 Å². The number of aliphatic carboxylic acids is 1. The number of rotatable bonds is 2. The molecule has 7 heteroatoms. The number of carbonyl (C=O) groups excluding carboxylic acids is 1. The maximum Gasteiger partial charge on any atom is 0.307 e. The number of aryl methyl sites for hydroxylation is 3. The van der Waals surface area contributed by atoms with E-state index in [0.29, 0.717) is 13.1 Å². The van der Waals surface area contributed by atoms with Crippen molar-refractivity contribution in [3.63, 3.8) is 0 Å². The summed E-state index contributed by atoms with van der Waals surface area (Å²) in [6, 6.07) is 18.5. The van der Waals surface area contributed by atoms with E-state index in [-0.39, 0.29) is 11.8 Å². The molecule has 0 saturated carbocycles. The number of aromatic nitrogens is 3. The standard InChI is InChI=1S/C33H36N4O3/c1-21-28-14-15-29-31(21)34-35-37(29)17-6-4-3-5-7-23-8-10-25(11-9-23)32(38)36-18-16-24-12-13-26(19-27(24)20-36)30(28)22(2)33(39)40/h8-15,19,22,30H,3-7,16-18,20H2,1-2H3,(H,39,40)/t22-,30-/m1/s1. The van der Waals surface area contributed by atoms with Gasteiger partial charge in [-0.15, -0.1) is 5.10 Å². The predicted molar refractivity (Wildman–Crippen MR) is 154 cm³/mol. The molecule has 0 saturated heterocycles. The van der Waals surface area contributed by atoms with Crippen LogP contribution in [0.1, 0.15) is 82.3 Å². The van der Waals surface area contributed by atoms with Crippen LogP contribution in [0.3, 0.4) is 0 Å². The first-order valence-corrected chi connectivity index (χ1v) is 14.5. The van der Waals surface area contributed by atoms with E-state index in [0.717, 1.165) is 83.9 Å². The van der Waals surface area contributed by atoms with Crippen molar-refractivity contribution >= 4 is 22.9 Å². The van der Waals surface area contributed by atoms with Crippen LogP contribution in [0.15, 0.2) is 54.6 Å². The molecule has 5 aliphatic rings. The Kier molecular flexibility index (Phi) is 7.13. The Morgan fingerprint density at radius 3 is 2.55 bits per heavy atom. The maximum atomic E-state index is 13.4. The highest BCUT2D eigenvalue weighted by Gasteiger charge is 2.31. The van der Waals surface area contributed by atoms with Gasteiger partial charge in [0.15, 0.2) is 0 Å². The van der Waals surface area contributed by atoms with Gasteiger partial charge in [-0.1, -0.05) is 61.4 Å². The molecule has 9 bridgehead atoms. The van der Waals surface area contributed by atoms with Gasteiger partial charge in [0.1, 0.15) is 5.52 Å². The molecule has 9 rings (SSSR count). The Labute approximate surface area is 234 Å². The Balaban J connectivity index is 1.44. The molecule has 206 valence electrons. The van der Waals surface area contributed by atoms with Gasteiger partial charge in [-0.25, -0.2) is 4.68 Å². The van der Waals surface area contributed by atoms with E-state index >= 15 is 0 Å². The highest BCUT2D eigenvalue weighted by Crippen LogP contribution is 2.38. The molecule has 1 amide bonds. The molecule has 40 heavy (non-hydrogen) atoms. The zero-order chi connectivity index (χ0) is 27.8. The van der Waals surface area contributed by atoms with E-state index in [1.807, 2.05) is 34.7 Å². The fourth-order valence-electron chi connectivity index (χ4n) is 6.45. The highest BCUT2D eigenvalue weighted by atomic mass is 16.4. The van der Waals surface area contributed by atoms with Crippen LogP contribution in [0.2, 0.25) is 0 Å². The lowest BCUT2D eigenvalue weighted by Gasteiger charge is -2.31. The fourth-order valence-corrected chi connectivity index (χ4v) is 6.45. The zero-order valence-corrected chi connectivity index (χ0v) is 23.3. The van der Waals surface area contributed by atoms with E-state index in [4.69, 9.17) is 0 Å². The summed E-state index contributed by atoms with van der Waals surface area (Å²) in [4.78, 5) is 27.7. The Morgan fingerprint density at radius 2 is 1.75 bits per heavy atom. The molecule has 1 aromatic heterocycles. The van der Waals surface area contributed by atoms with Gasteiger partial charge in [0.2, 0.25) is 0 Å². The van der Waals surface area contributed by atoms with Gasteiger partial charge < -0.3 is 10.0 Å². The minimum atomic E-state index is -0.840. The number of carboxylic acids is 1. The van der Waals surface area contributed by atoms with Crippen LogP contribution in [0.5, 0.6) is 0 Å². The van der Waals surface area contributed by atoms with Crippen LogP contribution >= 0.6 is 0 Å². The number of nitrogens with zero attached hydrogens (tertiary/aromatic N) is 4. The molecule has 0 unspecified atom stereocenters. The second-order valence-corrected chi connectivity index (χ2v) is 11.4. The molecule has 0 spiro atoms. The van der Waals surface area contributed by atoms with Crippen molar-refractivity contribution in [2.75, 3.05) is 6.54 Å². The van der Waals surface area contributed by atoms with Crippen molar-refractivity contribution in [1.82, 2.24) is 19.9 Å². The van der Waals surface area contributed by atoms with Crippen LogP contribution in [0.4, 0.5) is 0 Å². The third-order valence-corrected chi connectivity index (χ3v) is 8.88. The molecular weight excluding hydrogens is 500 g/mol. The Morgan fingerprint density at radius 1 is 0.950 bits per heavy atom. The third-order valence-electron chi connectivity index (χ3n) is 8.88. The van der Waals surface area contributed by atoms with Crippen LogP contribution in [0, 0.1) is 12.8 Å². The molecule has 0 fully saturated rings. The molecule has 0 aliphatic carbocycles. The van der Waals surface area contributed by atoms with Gasteiger partial charge in [0.25, 0.3) is 5.91 Å². The summed E-state index contributed by atoms with van der Waals surface area (Å²) in [7, 11) is 0. The van der Waals surface area contributed by atoms with Gasteiger partial charge in [0, 0.05) is 31.1 Å². The second-order valence-electron chi connectivity index (χ2n) is 11.4. The molecule has 2 atom stereocenters. The minimum absolute atomic E-state index is 0.0459. The van der Waals surface area contributed by atoms with Crippen molar-refractivity contribution in [2.24, 2.45) is 5.92 Å². The van der Waals surface area contributed by atoms with Crippen molar-refractivity contribution in [3.05, 3.63) is 93.5 Å². The summed E-state index contributed by atoms with van der Waals surface area (Å²) >= 11 is 0. The SMILES string of the molecule is Cc1c2ccc3c1nnn3CCCCCCc1ccc(cc1)C(=O)N1CCc3ccc(cc3C1)[C@H]2[C@@H](C)C(=O)O. The summed E-state index contributed by atoms with van der Waals surface area (Å²) in [6.45, 7) is 5.80. The highest BCUT2D eigenvalue weighted by molar-refractivity contribution is 5.94. The van der Waals surface area contributed by atoms with Crippen molar-refractivity contribution in [3.8, 4) is 0 Å². The van der Waals surface area contributed by atoms with Gasteiger partial charge in [0.05, 0.1) is 11.4 Å². The number of benzene rings is 3. The molecule has 0 radical (unpaired) electrons. The van der Waals surface area contributed by atoms with Crippen LogP contribution < -0.4 is 0 Å². The number of carboxylic acid groups (broad SMARTS) is 1. The summed E-state index contributed by atoms with van der Waals surface area (Å²) < 4.78 is 1.98. The first-order chi connectivity index (χ1) is 19.4. The van der Waals surface area contributed by atoms with Gasteiger partial charge in [-0.2, -0.15) is 0 Å². The predicted octanol–water partition coefficient (Wildman–Crippen LogP) is 5.91. The van der Waals surface area contributed by atoms with Gasteiger partial charge in [-0.05, 0) is 84.2 Å². The van der Waals surface area contributed by atoms with E-state index in [1.165, 1.54) is 11.1 Å². The van der Waals surface area contributed by atoms with Crippen LogP contribution in [0.25, 0.3) is 11.0 Å². The molecule has 6 heterocycles. The number of amides is 1. The zero-order valence-electron chi connectivity index (χ0n) is 23.3. The number of hydrogen-bond donors (Lipinski definition) is 1. The average molecular weight is 537 g/mol. The van der Waals surface area contributed by atoms with Crippen molar-refractivity contribution < 1.29 is 14.7 Å². The summed E-state index contributed by atoms with van der Waals surface area (Å²) in [5, 5.41) is 19.1.